The molecule has 18 heavy (non-hydrogen) atoms. The summed E-state index contributed by atoms with van der Waals surface area (Å²) in [5, 5.41) is 0.524. The van der Waals surface area contributed by atoms with E-state index in [4.69, 9.17) is 39.5 Å². The molecule has 2 rings (SSSR count). The van der Waals surface area contributed by atoms with Crippen molar-refractivity contribution in [3.05, 3.63) is 49.8 Å². The lowest BCUT2D eigenvalue weighted by Crippen LogP contribution is -1.91. The van der Waals surface area contributed by atoms with E-state index in [-0.39, 0.29) is 25.6 Å². The van der Waals surface area contributed by atoms with Gasteiger partial charge in [0.05, 0.1) is 9.50 Å². The Morgan fingerprint density at radius 3 is 2.50 bits per heavy atom. The molecule has 0 aliphatic rings. The molecule has 1 heterocycles. The van der Waals surface area contributed by atoms with E-state index in [1.54, 1.807) is 0 Å². The summed E-state index contributed by atoms with van der Waals surface area (Å²) < 4.78 is 18.7. The summed E-state index contributed by atoms with van der Waals surface area (Å²) >= 11 is 20.5. The van der Waals surface area contributed by atoms with Crippen molar-refractivity contribution in [3.63, 3.8) is 0 Å². The molecule has 2 aromatic rings. The van der Waals surface area contributed by atoms with Gasteiger partial charge in [0.2, 0.25) is 5.88 Å². The molecule has 1 aromatic heterocycles. The zero-order valence-corrected chi connectivity index (χ0v) is 12.4. The highest BCUT2D eigenvalue weighted by atomic mass is 79.9. The number of rotatable bonds is 2. The quantitative estimate of drug-likeness (QED) is 0.629. The Bertz CT molecular complexity index is 609. The van der Waals surface area contributed by atoms with Gasteiger partial charge in [-0.1, -0.05) is 34.8 Å². The van der Waals surface area contributed by atoms with Crippen LogP contribution in [0.4, 0.5) is 4.39 Å². The lowest BCUT2D eigenvalue weighted by molar-refractivity contribution is 0.461. The molecule has 0 unspecified atom stereocenters. The summed E-state index contributed by atoms with van der Waals surface area (Å²) in [5.41, 5.74) is 0. The van der Waals surface area contributed by atoms with Crippen molar-refractivity contribution in [2.45, 2.75) is 0 Å². The molecule has 0 saturated carbocycles. The second-order valence-electron chi connectivity index (χ2n) is 3.23. The van der Waals surface area contributed by atoms with Crippen molar-refractivity contribution in [2.24, 2.45) is 0 Å². The zero-order valence-electron chi connectivity index (χ0n) is 8.55. The van der Waals surface area contributed by atoms with Crippen LogP contribution in [0.2, 0.25) is 15.2 Å². The summed E-state index contributed by atoms with van der Waals surface area (Å²) in [6, 6.07) is 5.58. The van der Waals surface area contributed by atoms with Gasteiger partial charge in [-0.3, -0.25) is 0 Å². The average molecular weight is 371 g/mol. The van der Waals surface area contributed by atoms with E-state index < -0.39 is 5.82 Å². The molecule has 0 atom stereocenters. The predicted octanol–water partition coefficient (Wildman–Crippen LogP) is 5.74. The normalized spacial score (nSPS) is 10.5. The fourth-order valence-electron chi connectivity index (χ4n) is 1.15. The maximum Gasteiger partial charge on any atom is 0.239 e. The number of ether oxygens (including phenoxy) is 1. The number of nitrogens with zero attached hydrogens (tertiary/aromatic N) is 1. The summed E-state index contributed by atoms with van der Waals surface area (Å²) in [5.74, 6) is 0.0798. The molecule has 0 bridgehead atoms. The van der Waals surface area contributed by atoms with Crippen molar-refractivity contribution in [1.82, 2.24) is 4.98 Å². The minimum absolute atomic E-state index is 0.0808. The smallest absolute Gasteiger partial charge is 0.239 e. The number of benzene rings is 1. The van der Waals surface area contributed by atoms with E-state index in [2.05, 4.69) is 20.9 Å². The molecule has 0 N–H and O–H groups in total. The largest absolute Gasteiger partial charge is 0.437 e. The number of hydrogen-bond donors (Lipinski definition) is 0. The molecule has 0 aliphatic heterocycles. The topological polar surface area (TPSA) is 22.1 Å². The van der Waals surface area contributed by atoms with Crippen LogP contribution >= 0.6 is 50.7 Å². The number of pyridine rings is 1. The Kier molecular flexibility index (Phi) is 4.33. The third-order valence-electron chi connectivity index (χ3n) is 1.96. The van der Waals surface area contributed by atoms with Crippen molar-refractivity contribution in [2.75, 3.05) is 0 Å². The van der Waals surface area contributed by atoms with Crippen LogP contribution in [-0.4, -0.2) is 4.98 Å². The Balaban J connectivity index is 2.34. The van der Waals surface area contributed by atoms with Gasteiger partial charge in [-0.15, -0.1) is 0 Å². The van der Waals surface area contributed by atoms with Crippen molar-refractivity contribution in [1.29, 1.82) is 0 Å². The third-order valence-corrected chi connectivity index (χ3v) is 3.51. The Labute approximate surface area is 126 Å². The van der Waals surface area contributed by atoms with Gasteiger partial charge < -0.3 is 4.74 Å². The summed E-state index contributed by atoms with van der Waals surface area (Å²) in [4.78, 5) is 3.89. The Hall–Kier alpha value is -0.550. The molecule has 0 spiro atoms. The highest BCUT2D eigenvalue weighted by molar-refractivity contribution is 9.10. The molecular weight excluding hydrogens is 367 g/mol. The van der Waals surface area contributed by atoms with Gasteiger partial charge >= 0.3 is 0 Å². The van der Waals surface area contributed by atoms with Crippen LogP contribution in [0.25, 0.3) is 0 Å². The third kappa shape index (κ3) is 3.06. The second-order valence-corrected chi connectivity index (χ2v) is 5.25. The number of aromatic nitrogens is 1. The van der Waals surface area contributed by atoms with Gasteiger partial charge in [0.25, 0.3) is 0 Å². The average Bonchev–Trinajstić information content (AvgIpc) is 2.31. The van der Waals surface area contributed by atoms with E-state index in [0.717, 1.165) is 0 Å². The fraction of sp³-hybridized carbons (Fsp3) is 0. The van der Waals surface area contributed by atoms with Gasteiger partial charge in [-0.05, 0) is 40.2 Å². The van der Waals surface area contributed by atoms with Gasteiger partial charge in [0.1, 0.15) is 16.6 Å². The molecule has 2 nitrogen and oxygen atoms in total. The molecule has 0 radical (unpaired) electrons. The molecular formula is C11H4BrCl3FNO. The monoisotopic (exact) mass is 369 g/mol. The molecule has 7 heteroatoms. The summed E-state index contributed by atoms with van der Waals surface area (Å²) in [7, 11) is 0. The number of halogens is 5. The van der Waals surface area contributed by atoms with Crippen molar-refractivity contribution >= 4 is 50.7 Å². The second kappa shape index (κ2) is 5.61. The first-order chi connectivity index (χ1) is 8.47. The van der Waals surface area contributed by atoms with Gasteiger partial charge in [-0.25, -0.2) is 4.39 Å². The molecule has 0 aliphatic carbocycles. The molecule has 0 amide bonds. The first-order valence-corrected chi connectivity index (χ1v) is 6.54. The van der Waals surface area contributed by atoms with E-state index in [1.165, 1.54) is 24.3 Å². The van der Waals surface area contributed by atoms with Crippen LogP contribution in [0.5, 0.6) is 11.6 Å². The van der Waals surface area contributed by atoms with Crippen LogP contribution in [0, 0.1) is 5.82 Å². The first-order valence-electron chi connectivity index (χ1n) is 4.62. The van der Waals surface area contributed by atoms with Crippen LogP contribution in [-0.2, 0) is 0 Å². The molecule has 1 aromatic carbocycles. The SMILES string of the molecule is Fc1ccc(Oc2nc(Cl)c(Cl)cc2Cl)cc1Br. The molecule has 94 valence electrons. The minimum Gasteiger partial charge on any atom is -0.437 e. The molecule has 0 saturated heterocycles. The van der Waals surface area contributed by atoms with Crippen LogP contribution in [0.15, 0.2) is 28.7 Å². The Morgan fingerprint density at radius 1 is 1.11 bits per heavy atom. The first kappa shape index (κ1) is 13.9. The predicted molar refractivity (Wildman–Crippen MR) is 73.4 cm³/mol. The van der Waals surface area contributed by atoms with Crippen molar-refractivity contribution < 1.29 is 9.13 Å². The maximum absolute atomic E-state index is 13.1. The van der Waals surface area contributed by atoms with E-state index in [1.807, 2.05) is 0 Å². The van der Waals surface area contributed by atoms with E-state index in [0.29, 0.717) is 5.75 Å². The minimum atomic E-state index is -0.393. The van der Waals surface area contributed by atoms with Gasteiger partial charge in [0, 0.05) is 0 Å². The highest BCUT2D eigenvalue weighted by Gasteiger charge is 2.11. The van der Waals surface area contributed by atoms with E-state index >= 15 is 0 Å². The lowest BCUT2D eigenvalue weighted by atomic mass is 10.3. The van der Waals surface area contributed by atoms with Crippen molar-refractivity contribution in [3.8, 4) is 11.6 Å². The van der Waals surface area contributed by atoms with Crippen LogP contribution < -0.4 is 4.74 Å². The highest BCUT2D eigenvalue weighted by Crippen LogP contribution is 2.34. The van der Waals surface area contributed by atoms with Gasteiger partial charge in [-0.2, -0.15) is 4.98 Å². The van der Waals surface area contributed by atoms with Crippen LogP contribution in [0.3, 0.4) is 0 Å². The maximum atomic E-state index is 13.1. The lowest BCUT2D eigenvalue weighted by Gasteiger charge is -2.08. The van der Waals surface area contributed by atoms with Crippen LogP contribution in [0.1, 0.15) is 0 Å². The number of hydrogen-bond acceptors (Lipinski definition) is 2. The van der Waals surface area contributed by atoms with E-state index in [9.17, 15) is 4.39 Å². The van der Waals surface area contributed by atoms with Gasteiger partial charge in [0.15, 0.2) is 5.15 Å². The zero-order chi connectivity index (χ0) is 13.3. The standard InChI is InChI=1S/C11H4BrCl3FNO/c12-6-3-5(1-2-9(6)16)18-11-8(14)4-7(13)10(15)17-11/h1-4H. The summed E-state index contributed by atoms with van der Waals surface area (Å²) in [6.45, 7) is 0. The fourth-order valence-corrected chi connectivity index (χ4v) is 2.04. The molecule has 0 fully saturated rings. The Morgan fingerprint density at radius 2 is 1.83 bits per heavy atom. The summed E-state index contributed by atoms with van der Waals surface area (Å²) in [6.07, 6.45) is 0.